The highest BCUT2D eigenvalue weighted by atomic mass is 16.1. The molecule has 1 atom stereocenters. The number of nitrogens with one attached hydrogen (secondary N) is 2. The topological polar surface area (TPSA) is 41.1 Å². The van der Waals surface area contributed by atoms with Crippen molar-refractivity contribution in [2.24, 2.45) is 11.3 Å². The van der Waals surface area contributed by atoms with Crippen LogP contribution in [0.5, 0.6) is 0 Å². The summed E-state index contributed by atoms with van der Waals surface area (Å²) < 4.78 is 0. The van der Waals surface area contributed by atoms with Gasteiger partial charge in [0.15, 0.2) is 0 Å². The Morgan fingerprint density at radius 3 is 2.56 bits per heavy atom. The van der Waals surface area contributed by atoms with Crippen LogP contribution in [-0.2, 0) is 4.79 Å². The van der Waals surface area contributed by atoms with Crippen LogP contribution in [0.15, 0.2) is 0 Å². The average molecular weight is 252 g/mol. The van der Waals surface area contributed by atoms with Crippen LogP contribution in [0.4, 0.5) is 0 Å². The van der Waals surface area contributed by atoms with Crippen molar-refractivity contribution in [3.63, 3.8) is 0 Å². The van der Waals surface area contributed by atoms with E-state index in [9.17, 15) is 4.79 Å². The van der Waals surface area contributed by atoms with E-state index in [0.29, 0.717) is 12.5 Å². The fourth-order valence-electron chi connectivity index (χ4n) is 3.05. The highest BCUT2D eigenvalue weighted by Gasteiger charge is 2.34. The van der Waals surface area contributed by atoms with Crippen LogP contribution in [0.1, 0.15) is 58.8 Å². The van der Waals surface area contributed by atoms with Gasteiger partial charge in [-0.15, -0.1) is 0 Å². The molecule has 0 aromatic rings. The predicted octanol–water partition coefficient (Wildman–Crippen LogP) is 2.46. The van der Waals surface area contributed by atoms with Gasteiger partial charge < -0.3 is 10.6 Å². The van der Waals surface area contributed by atoms with Crippen molar-refractivity contribution >= 4 is 5.91 Å². The van der Waals surface area contributed by atoms with Gasteiger partial charge in [0.25, 0.3) is 0 Å². The molecule has 1 saturated carbocycles. The number of hydrogen-bond acceptors (Lipinski definition) is 2. The van der Waals surface area contributed by atoms with Gasteiger partial charge in [-0.1, -0.05) is 26.7 Å². The van der Waals surface area contributed by atoms with Crippen LogP contribution in [0.3, 0.4) is 0 Å². The zero-order chi connectivity index (χ0) is 13.0. The van der Waals surface area contributed by atoms with E-state index in [1.54, 1.807) is 0 Å². The van der Waals surface area contributed by atoms with Crippen LogP contribution in [0.2, 0.25) is 0 Å². The highest BCUT2D eigenvalue weighted by molar-refractivity contribution is 5.76. The van der Waals surface area contributed by atoms with Crippen LogP contribution >= 0.6 is 0 Å². The lowest BCUT2D eigenvalue weighted by atomic mass is 9.67. The van der Waals surface area contributed by atoms with Crippen molar-refractivity contribution in [2.75, 3.05) is 13.1 Å². The molecule has 1 heterocycles. The van der Waals surface area contributed by atoms with E-state index in [4.69, 9.17) is 0 Å². The Morgan fingerprint density at radius 2 is 2.00 bits per heavy atom. The van der Waals surface area contributed by atoms with Crippen molar-refractivity contribution in [3.05, 3.63) is 0 Å². The summed E-state index contributed by atoms with van der Waals surface area (Å²) in [5.41, 5.74) is 0.272. The number of rotatable bonds is 5. The van der Waals surface area contributed by atoms with E-state index in [1.807, 2.05) is 0 Å². The third-order valence-corrected chi connectivity index (χ3v) is 4.80. The molecular formula is C15H28N2O. The maximum atomic E-state index is 11.9. The van der Waals surface area contributed by atoms with Gasteiger partial charge in [-0.2, -0.15) is 0 Å². The van der Waals surface area contributed by atoms with Gasteiger partial charge in [0.05, 0.1) is 0 Å². The zero-order valence-electron chi connectivity index (χ0n) is 11.9. The molecule has 1 amide bonds. The van der Waals surface area contributed by atoms with E-state index in [1.165, 1.54) is 32.1 Å². The van der Waals surface area contributed by atoms with Crippen molar-refractivity contribution in [1.82, 2.24) is 10.6 Å². The van der Waals surface area contributed by atoms with Crippen LogP contribution < -0.4 is 10.6 Å². The lowest BCUT2D eigenvalue weighted by Crippen LogP contribution is -2.43. The molecule has 1 saturated heterocycles. The van der Waals surface area contributed by atoms with E-state index in [2.05, 4.69) is 24.5 Å². The van der Waals surface area contributed by atoms with E-state index in [0.717, 1.165) is 25.4 Å². The molecule has 2 N–H and O–H groups in total. The minimum Gasteiger partial charge on any atom is -0.356 e. The quantitative estimate of drug-likeness (QED) is 0.789. The second kappa shape index (κ2) is 6.05. The minimum absolute atomic E-state index is 0.224. The number of piperidine rings is 1. The zero-order valence-corrected chi connectivity index (χ0v) is 11.9. The summed E-state index contributed by atoms with van der Waals surface area (Å²) in [6.45, 7) is 6.49. The van der Waals surface area contributed by atoms with Gasteiger partial charge >= 0.3 is 0 Å². The summed E-state index contributed by atoms with van der Waals surface area (Å²) >= 11 is 0. The second-order valence-corrected chi connectivity index (χ2v) is 6.74. The molecule has 2 aliphatic rings. The lowest BCUT2D eigenvalue weighted by molar-refractivity contribution is -0.122. The Bertz CT molecular complexity index is 278. The average Bonchev–Trinajstić information content (AvgIpc) is 2.25. The predicted molar refractivity (Wildman–Crippen MR) is 74.4 cm³/mol. The smallest absolute Gasteiger partial charge is 0.221 e. The Labute approximate surface area is 111 Å². The van der Waals surface area contributed by atoms with Gasteiger partial charge in [-0.3, -0.25) is 4.79 Å². The molecule has 18 heavy (non-hydrogen) atoms. The maximum Gasteiger partial charge on any atom is 0.221 e. The summed E-state index contributed by atoms with van der Waals surface area (Å²) in [5.74, 6) is 1.03. The van der Waals surface area contributed by atoms with Gasteiger partial charge in [-0.05, 0) is 43.6 Å². The molecule has 104 valence electrons. The number of carbonyl (C=O) groups excluding carboxylic acids is 1. The molecule has 1 aliphatic heterocycles. The van der Waals surface area contributed by atoms with Gasteiger partial charge in [0.1, 0.15) is 0 Å². The minimum atomic E-state index is 0.224. The first-order valence-electron chi connectivity index (χ1n) is 7.58. The third-order valence-electron chi connectivity index (χ3n) is 4.80. The van der Waals surface area contributed by atoms with Crippen molar-refractivity contribution < 1.29 is 4.79 Å². The normalized spacial score (nSPS) is 25.6. The third kappa shape index (κ3) is 3.71. The Hall–Kier alpha value is -0.570. The number of amides is 1. The Balaban J connectivity index is 1.67. The maximum absolute atomic E-state index is 11.9. The monoisotopic (exact) mass is 252 g/mol. The molecular weight excluding hydrogens is 224 g/mol. The number of hydrogen-bond donors (Lipinski definition) is 2. The fraction of sp³-hybridized carbons (Fsp3) is 0.933. The van der Waals surface area contributed by atoms with Crippen molar-refractivity contribution in [2.45, 2.75) is 64.8 Å². The largest absolute Gasteiger partial charge is 0.356 e. The van der Waals surface area contributed by atoms with E-state index >= 15 is 0 Å². The van der Waals surface area contributed by atoms with E-state index in [-0.39, 0.29) is 11.3 Å². The van der Waals surface area contributed by atoms with E-state index < -0.39 is 0 Å². The first-order chi connectivity index (χ1) is 8.58. The van der Waals surface area contributed by atoms with Crippen molar-refractivity contribution in [1.29, 1.82) is 0 Å². The molecule has 1 unspecified atom stereocenters. The van der Waals surface area contributed by atoms with Crippen LogP contribution in [-0.4, -0.2) is 25.0 Å². The van der Waals surface area contributed by atoms with Gasteiger partial charge in [-0.25, -0.2) is 0 Å². The second-order valence-electron chi connectivity index (χ2n) is 6.74. The Morgan fingerprint density at radius 1 is 1.22 bits per heavy atom. The fourth-order valence-corrected chi connectivity index (χ4v) is 3.05. The first kappa shape index (κ1) is 13.9. The molecule has 0 bridgehead atoms. The molecule has 0 aromatic carbocycles. The lowest BCUT2D eigenvalue weighted by Gasteiger charge is -2.40. The first-order valence-corrected chi connectivity index (χ1v) is 7.58. The standard InChI is InChI=1S/C15H28N2O/c1-15(2,12-6-5-7-12)11-17-14(18)10-13-8-3-4-9-16-13/h12-13,16H,3-11H2,1-2H3,(H,17,18). The molecule has 3 nitrogen and oxygen atoms in total. The highest BCUT2D eigenvalue weighted by Crippen LogP contribution is 2.41. The van der Waals surface area contributed by atoms with Gasteiger partial charge in [0, 0.05) is 19.0 Å². The van der Waals surface area contributed by atoms with Gasteiger partial charge in [0.2, 0.25) is 5.91 Å². The molecule has 1 aliphatic carbocycles. The summed E-state index contributed by atoms with van der Waals surface area (Å²) in [4.78, 5) is 11.9. The number of carbonyl (C=O) groups is 1. The van der Waals surface area contributed by atoms with Crippen LogP contribution in [0.25, 0.3) is 0 Å². The van der Waals surface area contributed by atoms with Crippen molar-refractivity contribution in [3.8, 4) is 0 Å². The summed E-state index contributed by atoms with van der Waals surface area (Å²) in [5, 5.41) is 6.57. The molecule has 3 heteroatoms. The molecule has 2 rings (SSSR count). The van der Waals surface area contributed by atoms with Crippen LogP contribution in [0, 0.1) is 11.3 Å². The summed E-state index contributed by atoms with van der Waals surface area (Å²) in [7, 11) is 0. The summed E-state index contributed by atoms with van der Waals surface area (Å²) in [6.07, 6.45) is 8.37. The molecule has 0 aromatic heterocycles. The molecule has 0 spiro atoms. The Kier molecular flexibility index (Phi) is 4.66. The molecule has 0 radical (unpaired) electrons. The summed E-state index contributed by atoms with van der Waals surface area (Å²) in [6, 6.07) is 0.408. The SMILES string of the molecule is CC(C)(CNC(=O)CC1CCCCN1)C1CCC1. The molecule has 2 fully saturated rings.